The number of rotatable bonds is 9. The number of benzene rings is 3. The average Bonchev–Trinajstić information content (AvgIpc) is 2.83. The lowest BCUT2D eigenvalue weighted by Gasteiger charge is -2.20. The van der Waals surface area contributed by atoms with Gasteiger partial charge < -0.3 is 9.47 Å². The molecule has 33 heavy (non-hydrogen) atoms. The Morgan fingerprint density at radius 1 is 0.939 bits per heavy atom. The summed E-state index contributed by atoms with van der Waals surface area (Å²) in [5.41, 5.74) is 1.49. The molecule has 0 radical (unpaired) electrons. The van der Waals surface area contributed by atoms with Crippen LogP contribution in [0.3, 0.4) is 0 Å². The summed E-state index contributed by atoms with van der Waals surface area (Å²) in [6, 6.07) is 19.4. The average molecular weight is 468 g/mol. The van der Waals surface area contributed by atoms with Crippen molar-refractivity contribution in [1.82, 2.24) is 0 Å². The number of sulfonamides is 1. The first kappa shape index (κ1) is 24.0. The number of hydrogen-bond acceptors (Lipinski definition) is 6. The number of esters is 1. The fourth-order valence-electron chi connectivity index (χ4n) is 3.11. The van der Waals surface area contributed by atoms with Crippen LogP contribution in [0.2, 0.25) is 0 Å². The zero-order valence-electron chi connectivity index (χ0n) is 18.6. The molecule has 3 rings (SSSR count). The Labute approximate surface area is 193 Å². The number of carbonyl (C=O) groups excluding carboxylic acids is 2. The first-order valence-corrected chi connectivity index (χ1v) is 11.8. The molecular weight excluding hydrogens is 442 g/mol. The predicted molar refractivity (Wildman–Crippen MR) is 125 cm³/mol. The summed E-state index contributed by atoms with van der Waals surface area (Å²) >= 11 is 0. The minimum Gasteiger partial charge on any atom is -0.494 e. The van der Waals surface area contributed by atoms with Gasteiger partial charge in [-0.1, -0.05) is 36.4 Å². The number of Topliss-reactive ketones (excluding diaryl/α,β-unsaturated/α-hetero) is 1. The second kappa shape index (κ2) is 10.3. The van der Waals surface area contributed by atoms with E-state index in [1.54, 1.807) is 61.5 Å². The molecule has 0 saturated heterocycles. The molecule has 0 bridgehead atoms. The molecule has 0 aliphatic heterocycles. The molecule has 0 unspecified atom stereocenters. The highest BCUT2D eigenvalue weighted by molar-refractivity contribution is 7.92. The lowest BCUT2D eigenvalue weighted by atomic mass is 10.1. The van der Waals surface area contributed by atoms with Crippen molar-refractivity contribution in [1.29, 1.82) is 0 Å². The van der Waals surface area contributed by atoms with Crippen LogP contribution in [0.5, 0.6) is 5.75 Å². The Morgan fingerprint density at radius 3 is 2.24 bits per heavy atom. The Morgan fingerprint density at radius 2 is 1.61 bits per heavy atom. The van der Waals surface area contributed by atoms with Gasteiger partial charge in [0.1, 0.15) is 5.75 Å². The molecule has 8 heteroatoms. The van der Waals surface area contributed by atoms with Gasteiger partial charge in [-0.2, -0.15) is 0 Å². The third-order valence-electron chi connectivity index (χ3n) is 5.03. The molecular formula is C25H25NO6S. The van der Waals surface area contributed by atoms with Gasteiger partial charge in [0, 0.05) is 12.6 Å². The summed E-state index contributed by atoms with van der Waals surface area (Å²) in [7, 11) is -2.51. The first-order chi connectivity index (χ1) is 15.7. The second-order valence-corrected chi connectivity index (χ2v) is 9.21. The van der Waals surface area contributed by atoms with Gasteiger partial charge >= 0.3 is 5.97 Å². The molecule has 3 aromatic rings. The highest BCUT2D eigenvalue weighted by atomic mass is 32.2. The van der Waals surface area contributed by atoms with E-state index in [1.807, 2.05) is 6.92 Å². The topological polar surface area (TPSA) is 90.0 Å². The van der Waals surface area contributed by atoms with E-state index >= 15 is 0 Å². The second-order valence-electron chi connectivity index (χ2n) is 7.24. The molecule has 3 aromatic carbocycles. The van der Waals surface area contributed by atoms with Crippen LogP contribution in [-0.4, -0.2) is 40.4 Å². The molecule has 0 fully saturated rings. The van der Waals surface area contributed by atoms with Crippen LogP contribution in [0.25, 0.3) is 0 Å². The monoisotopic (exact) mass is 467 g/mol. The van der Waals surface area contributed by atoms with Crippen molar-refractivity contribution >= 4 is 27.5 Å². The highest BCUT2D eigenvalue weighted by Gasteiger charge is 2.24. The van der Waals surface area contributed by atoms with Crippen molar-refractivity contribution in [2.75, 3.05) is 24.6 Å². The lowest BCUT2D eigenvalue weighted by molar-refractivity contribution is 0.0473. The minimum absolute atomic E-state index is 0.0641. The van der Waals surface area contributed by atoms with Gasteiger partial charge in [0.15, 0.2) is 12.4 Å². The molecule has 0 aliphatic rings. The SMILES string of the molecule is CCOc1ccc(N(C)S(=O)(=O)c2ccc(C)c(C(=O)OCC(=O)c3ccccc3)c2)cc1. The van der Waals surface area contributed by atoms with Crippen molar-refractivity contribution in [3.63, 3.8) is 0 Å². The van der Waals surface area contributed by atoms with Crippen molar-refractivity contribution in [3.05, 3.63) is 89.5 Å². The summed E-state index contributed by atoms with van der Waals surface area (Å²) < 4.78 is 38.0. The van der Waals surface area contributed by atoms with Crippen molar-refractivity contribution in [3.8, 4) is 5.75 Å². The number of ether oxygens (including phenoxy) is 2. The van der Waals surface area contributed by atoms with Gasteiger partial charge in [-0.25, -0.2) is 13.2 Å². The van der Waals surface area contributed by atoms with Crippen LogP contribution in [0.15, 0.2) is 77.7 Å². The van der Waals surface area contributed by atoms with Gasteiger partial charge in [0.2, 0.25) is 0 Å². The molecule has 0 atom stereocenters. The van der Waals surface area contributed by atoms with Crippen molar-refractivity contribution < 1.29 is 27.5 Å². The van der Waals surface area contributed by atoms with E-state index in [-0.39, 0.29) is 16.2 Å². The van der Waals surface area contributed by atoms with Gasteiger partial charge in [-0.15, -0.1) is 0 Å². The number of carbonyl (C=O) groups is 2. The van der Waals surface area contributed by atoms with E-state index in [2.05, 4.69) is 0 Å². The molecule has 172 valence electrons. The summed E-state index contributed by atoms with van der Waals surface area (Å²) in [4.78, 5) is 24.8. The van der Waals surface area contributed by atoms with E-state index in [0.717, 1.165) is 4.31 Å². The molecule has 0 N–H and O–H groups in total. The normalized spacial score (nSPS) is 11.0. The smallest absolute Gasteiger partial charge is 0.338 e. The van der Waals surface area contributed by atoms with E-state index in [9.17, 15) is 18.0 Å². The lowest BCUT2D eigenvalue weighted by Crippen LogP contribution is -2.27. The molecule has 0 heterocycles. The number of ketones is 1. The van der Waals surface area contributed by atoms with Crippen LogP contribution < -0.4 is 9.04 Å². The van der Waals surface area contributed by atoms with Gasteiger partial charge in [-0.3, -0.25) is 9.10 Å². The Balaban J connectivity index is 1.79. The predicted octanol–water partition coefficient (Wildman–Crippen LogP) is 4.26. The van der Waals surface area contributed by atoms with Crippen molar-refractivity contribution in [2.45, 2.75) is 18.7 Å². The van der Waals surface area contributed by atoms with Crippen LogP contribution in [0.4, 0.5) is 5.69 Å². The summed E-state index contributed by atoms with van der Waals surface area (Å²) in [5, 5.41) is 0. The number of aryl methyl sites for hydroxylation is 1. The Kier molecular flexibility index (Phi) is 7.50. The van der Waals surface area contributed by atoms with Crippen LogP contribution in [0, 0.1) is 6.92 Å². The molecule has 0 amide bonds. The quantitative estimate of drug-likeness (QED) is 0.345. The van der Waals surface area contributed by atoms with E-state index in [4.69, 9.17) is 9.47 Å². The molecule has 7 nitrogen and oxygen atoms in total. The standard InChI is InChI=1S/C25H25NO6S/c1-4-31-21-13-11-20(12-14-21)26(3)33(29,30)22-15-10-18(2)23(16-22)25(28)32-17-24(27)19-8-6-5-7-9-19/h5-16H,4,17H2,1-3H3. The Bertz CT molecular complexity index is 1240. The maximum atomic E-state index is 13.2. The molecule has 0 spiro atoms. The number of nitrogens with zero attached hydrogens (tertiary/aromatic N) is 1. The van der Waals surface area contributed by atoms with Crippen molar-refractivity contribution in [2.24, 2.45) is 0 Å². The molecule has 0 aromatic heterocycles. The zero-order valence-corrected chi connectivity index (χ0v) is 19.5. The minimum atomic E-state index is -3.95. The fraction of sp³-hybridized carbons (Fsp3) is 0.200. The Hall–Kier alpha value is -3.65. The number of anilines is 1. The summed E-state index contributed by atoms with van der Waals surface area (Å²) in [6.07, 6.45) is 0. The largest absolute Gasteiger partial charge is 0.494 e. The highest BCUT2D eigenvalue weighted by Crippen LogP contribution is 2.26. The van der Waals surface area contributed by atoms with E-state index in [1.165, 1.54) is 25.2 Å². The molecule has 0 aliphatic carbocycles. The van der Waals surface area contributed by atoms with Crippen LogP contribution in [-0.2, 0) is 14.8 Å². The fourth-order valence-corrected chi connectivity index (χ4v) is 4.34. The first-order valence-electron chi connectivity index (χ1n) is 10.3. The maximum Gasteiger partial charge on any atom is 0.338 e. The van der Waals surface area contributed by atoms with E-state index < -0.39 is 22.6 Å². The third-order valence-corrected chi connectivity index (χ3v) is 6.81. The van der Waals surface area contributed by atoms with E-state index in [0.29, 0.717) is 29.2 Å². The summed E-state index contributed by atoms with van der Waals surface area (Å²) in [6.45, 7) is 3.60. The number of hydrogen-bond donors (Lipinski definition) is 0. The zero-order chi connectivity index (χ0) is 24.0. The van der Waals surface area contributed by atoms with Gasteiger partial charge in [0.25, 0.3) is 10.0 Å². The van der Waals surface area contributed by atoms with Crippen LogP contribution in [0.1, 0.15) is 33.2 Å². The molecule has 0 saturated carbocycles. The third kappa shape index (κ3) is 5.59. The van der Waals surface area contributed by atoms with Gasteiger partial charge in [0.05, 0.1) is 22.8 Å². The van der Waals surface area contributed by atoms with Gasteiger partial charge in [-0.05, 0) is 55.8 Å². The van der Waals surface area contributed by atoms with Crippen LogP contribution >= 0.6 is 0 Å². The summed E-state index contributed by atoms with van der Waals surface area (Å²) in [5.74, 6) is -0.476. The maximum absolute atomic E-state index is 13.2.